The normalized spacial score (nSPS) is 13.4. The Labute approximate surface area is 212 Å². The topological polar surface area (TPSA) is 95.9 Å². The quantitative estimate of drug-likeness (QED) is 0.286. The van der Waals surface area contributed by atoms with E-state index in [2.05, 4.69) is 5.32 Å². The Kier molecular flexibility index (Phi) is 6.19. The number of para-hydroxylation sites is 1. The van der Waals surface area contributed by atoms with Gasteiger partial charge in [-0.05, 0) is 53.1 Å². The number of methoxy groups -OCH3 is 1. The molecular weight excluding hydrogens is 473 g/mol. The van der Waals surface area contributed by atoms with Crippen LogP contribution in [0.1, 0.15) is 16.7 Å². The molecule has 0 bridgehead atoms. The molecule has 6 nitrogen and oxygen atoms in total. The molecule has 5 rings (SSSR count). The van der Waals surface area contributed by atoms with Gasteiger partial charge in [0.05, 0.1) is 19.2 Å². The minimum atomic E-state index is -0.999. The fraction of sp³-hybridized carbons (Fsp3) is 0.0667. The summed E-state index contributed by atoms with van der Waals surface area (Å²) in [6.45, 7) is 0. The zero-order valence-electron chi connectivity index (χ0n) is 19.8. The first-order valence-corrected chi connectivity index (χ1v) is 11.5. The van der Waals surface area contributed by atoms with E-state index in [9.17, 15) is 19.8 Å². The molecule has 0 aliphatic carbocycles. The number of phenols is 1. The van der Waals surface area contributed by atoms with Gasteiger partial charge in [-0.3, -0.25) is 9.59 Å². The van der Waals surface area contributed by atoms with E-state index in [4.69, 9.17) is 4.74 Å². The van der Waals surface area contributed by atoms with Gasteiger partial charge in [0.25, 0.3) is 5.91 Å². The van der Waals surface area contributed by atoms with Crippen LogP contribution in [0.5, 0.6) is 11.5 Å². The minimum absolute atomic E-state index is 0.156. The van der Waals surface area contributed by atoms with Crippen molar-refractivity contribution < 1.29 is 28.9 Å². The van der Waals surface area contributed by atoms with E-state index in [-0.39, 0.29) is 18.1 Å². The predicted octanol–water partition coefficient (Wildman–Crippen LogP) is 5.99. The molecule has 184 valence electrons. The molecule has 0 radical (unpaired) electrons. The van der Waals surface area contributed by atoms with Crippen molar-refractivity contribution >= 4 is 29.2 Å². The smallest absolute Gasteiger partial charge is 0.307 e. The predicted molar refractivity (Wildman–Crippen MR) is 140 cm³/mol. The fourth-order valence-corrected chi connectivity index (χ4v) is 4.48. The van der Waals surface area contributed by atoms with Crippen molar-refractivity contribution in [3.8, 4) is 33.8 Å². The van der Waals surface area contributed by atoms with Crippen LogP contribution in [0.2, 0.25) is 0 Å². The number of amides is 1. The van der Waals surface area contributed by atoms with Crippen LogP contribution in [0.4, 0.5) is 10.1 Å². The summed E-state index contributed by atoms with van der Waals surface area (Å²) in [5, 5.41) is 22.0. The molecule has 1 heterocycles. The summed E-state index contributed by atoms with van der Waals surface area (Å²) in [5.74, 6) is -1.26. The Morgan fingerprint density at radius 2 is 1.65 bits per heavy atom. The van der Waals surface area contributed by atoms with Crippen LogP contribution in [-0.2, 0) is 16.0 Å². The van der Waals surface area contributed by atoms with Crippen molar-refractivity contribution in [1.82, 2.24) is 0 Å². The Balaban J connectivity index is 1.53. The highest BCUT2D eigenvalue weighted by atomic mass is 19.1. The standard InChI is InChI=1S/C30H22FNO5/c1-37-28-11-6-17(12-20(28)14-29(34)35)13-24-23-15-22(25(31)16-26(23)32-30(24)36)19-9-7-18(8-10-19)21-4-2-3-5-27(21)33/h2-13,15-16,33H,14H2,1H3,(H,32,36)(H,34,35). The third-order valence-electron chi connectivity index (χ3n) is 6.26. The molecule has 4 aromatic carbocycles. The summed E-state index contributed by atoms with van der Waals surface area (Å²) in [5.41, 5.74) is 4.75. The molecule has 1 aliphatic heterocycles. The molecule has 0 spiro atoms. The Hall–Kier alpha value is -4.91. The number of ether oxygens (including phenoxy) is 1. The number of aromatic hydroxyl groups is 1. The van der Waals surface area contributed by atoms with Gasteiger partial charge in [-0.15, -0.1) is 0 Å². The molecule has 0 aromatic heterocycles. The summed E-state index contributed by atoms with van der Waals surface area (Å²) < 4.78 is 20.3. The zero-order chi connectivity index (χ0) is 26.1. The molecule has 0 fully saturated rings. The first-order chi connectivity index (χ1) is 17.8. The molecule has 3 N–H and O–H groups in total. The number of anilines is 1. The van der Waals surface area contributed by atoms with Gasteiger partial charge in [-0.25, -0.2) is 4.39 Å². The van der Waals surface area contributed by atoms with E-state index < -0.39 is 11.8 Å². The highest BCUT2D eigenvalue weighted by molar-refractivity contribution is 6.35. The second-order valence-corrected chi connectivity index (χ2v) is 8.63. The van der Waals surface area contributed by atoms with Crippen LogP contribution in [0.25, 0.3) is 33.9 Å². The van der Waals surface area contributed by atoms with Crippen LogP contribution >= 0.6 is 0 Å². The number of halogens is 1. The van der Waals surface area contributed by atoms with Gasteiger partial charge in [-0.1, -0.05) is 48.5 Å². The van der Waals surface area contributed by atoms with E-state index in [0.29, 0.717) is 50.4 Å². The third kappa shape index (κ3) is 4.67. The largest absolute Gasteiger partial charge is 0.507 e. The lowest BCUT2D eigenvalue weighted by Gasteiger charge is -2.10. The van der Waals surface area contributed by atoms with Crippen molar-refractivity contribution in [2.24, 2.45) is 0 Å². The second kappa shape index (κ2) is 9.62. The van der Waals surface area contributed by atoms with Gasteiger partial charge in [0, 0.05) is 27.8 Å². The Morgan fingerprint density at radius 3 is 2.32 bits per heavy atom. The molecule has 7 heteroatoms. The maximum atomic E-state index is 15.1. The number of hydrogen-bond acceptors (Lipinski definition) is 4. The van der Waals surface area contributed by atoms with Gasteiger partial charge >= 0.3 is 5.97 Å². The number of nitrogens with one attached hydrogen (secondary N) is 1. The maximum absolute atomic E-state index is 15.1. The summed E-state index contributed by atoms with van der Waals surface area (Å²) in [4.78, 5) is 24.0. The van der Waals surface area contributed by atoms with Gasteiger partial charge in [0.2, 0.25) is 0 Å². The van der Waals surface area contributed by atoms with E-state index in [1.807, 2.05) is 6.07 Å². The number of carbonyl (C=O) groups excluding carboxylic acids is 1. The number of carboxylic acid groups (broad SMARTS) is 1. The van der Waals surface area contributed by atoms with Crippen LogP contribution in [0, 0.1) is 5.82 Å². The molecule has 37 heavy (non-hydrogen) atoms. The lowest BCUT2D eigenvalue weighted by Crippen LogP contribution is -2.04. The molecule has 1 amide bonds. The lowest BCUT2D eigenvalue weighted by molar-refractivity contribution is -0.136. The average molecular weight is 496 g/mol. The van der Waals surface area contributed by atoms with Crippen LogP contribution in [0.15, 0.2) is 78.9 Å². The summed E-state index contributed by atoms with van der Waals surface area (Å²) in [6.07, 6.45) is 1.42. The minimum Gasteiger partial charge on any atom is -0.507 e. The number of carboxylic acids is 1. The van der Waals surface area contributed by atoms with Crippen LogP contribution < -0.4 is 10.1 Å². The Morgan fingerprint density at radius 1 is 0.946 bits per heavy atom. The number of phenolic OH excluding ortho intramolecular Hbond substituents is 1. The van der Waals surface area contributed by atoms with E-state index in [1.54, 1.807) is 72.8 Å². The van der Waals surface area contributed by atoms with Gasteiger partial charge in [-0.2, -0.15) is 0 Å². The third-order valence-corrected chi connectivity index (χ3v) is 6.26. The van der Waals surface area contributed by atoms with E-state index in [0.717, 1.165) is 5.56 Å². The monoisotopic (exact) mass is 495 g/mol. The van der Waals surface area contributed by atoms with Gasteiger partial charge < -0.3 is 20.3 Å². The molecule has 0 saturated carbocycles. The molecule has 0 saturated heterocycles. The highest BCUT2D eigenvalue weighted by Gasteiger charge is 2.26. The first-order valence-electron chi connectivity index (χ1n) is 11.5. The summed E-state index contributed by atoms with van der Waals surface area (Å²) in [6, 6.07) is 22.1. The average Bonchev–Trinajstić information content (AvgIpc) is 3.17. The molecule has 4 aromatic rings. The molecule has 0 unspecified atom stereocenters. The number of benzene rings is 4. The lowest BCUT2D eigenvalue weighted by atomic mass is 9.95. The zero-order valence-corrected chi connectivity index (χ0v) is 19.8. The van der Waals surface area contributed by atoms with Crippen molar-refractivity contribution in [2.45, 2.75) is 6.42 Å². The fourth-order valence-electron chi connectivity index (χ4n) is 4.48. The van der Waals surface area contributed by atoms with Crippen molar-refractivity contribution in [1.29, 1.82) is 0 Å². The maximum Gasteiger partial charge on any atom is 0.307 e. The molecule has 1 aliphatic rings. The first kappa shape index (κ1) is 23.8. The number of fused-ring (bicyclic) bond motifs is 1. The SMILES string of the molecule is COc1ccc(C=C2C(=O)Nc3cc(F)c(-c4ccc(-c5ccccc5O)cc4)cc32)cc1CC(=O)O. The van der Waals surface area contributed by atoms with Gasteiger partial charge in [0.1, 0.15) is 17.3 Å². The Bertz CT molecular complexity index is 1570. The number of aliphatic carboxylic acids is 1. The summed E-state index contributed by atoms with van der Waals surface area (Å²) in [7, 11) is 1.46. The molecule has 0 atom stereocenters. The van der Waals surface area contributed by atoms with Crippen molar-refractivity contribution in [3.63, 3.8) is 0 Å². The van der Waals surface area contributed by atoms with Crippen molar-refractivity contribution in [2.75, 3.05) is 12.4 Å². The number of carbonyl (C=O) groups is 2. The number of hydrogen-bond donors (Lipinski definition) is 3. The number of rotatable bonds is 6. The molecular formula is C30H22FNO5. The van der Waals surface area contributed by atoms with E-state index >= 15 is 4.39 Å². The van der Waals surface area contributed by atoms with Gasteiger partial charge in [0.15, 0.2) is 0 Å². The van der Waals surface area contributed by atoms with Crippen LogP contribution in [-0.4, -0.2) is 29.2 Å². The van der Waals surface area contributed by atoms with E-state index in [1.165, 1.54) is 13.2 Å². The van der Waals surface area contributed by atoms with Crippen molar-refractivity contribution in [3.05, 3.63) is 101 Å². The van der Waals surface area contributed by atoms with Crippen LogP contribution in [0.3, 0.4) is 0 Å². The second-order valence-electron chi connectivity index (χ2n) is 8.63. The highest BCUT2D eigenvalue weighted by Crippen LogP contribution is 2.39. The summed E-state index contributed by atoms with van der Waals surface area (Å²) >= 11 is 0.